The molecule has 172 valence electrons. The quantitative estimate of drug-likeness (QED) is 0.329. The molecule has 0 bridgehead atoms. The summed E-state index contributed by atoms with van der Waals surface area (Å²) in [5.74, 6) is 2.63. The summed E-state index contributed by atoms with van der Waals surface area (Å²) < 4.78 is 13.3. The predicted octanol–water partition coefficient (Wildman–Crippen LogP) is 5.07. The molecule has 0 aliphatic heterocycles. The molecule has 1 N–H and O–H groups in total. The Morgan fingerprint density at radius 2 is 1.82 bits per heavy atom. The highest BCUT2D eigenvalue weighted by atomic mass is 32.2. The third-order valence-electron chi connectivity index (χ3n) is 5.35. The molecule has 5 rings (SSSR count). The molecular formula is C25H23N5O3S. The second kappa shape index (κ2) is 9.18. The molecule has 0 aliphatic carbocycles. The minimum absolute atomic E-state index is 0.270. The van der Waals surface area contributed by atoms with Crippen molar-refractivity contribution in [3.05, 3.63) is 82.2 Å². The third-order valence-corrected chi connectivity index (χ3v) is 6.30. The predicted molar refractivity (Wildman–Crippen MR) is 132 cm³/mol. The zero-order chi connectivity index (χ0) is 23.7. The summed E-state index contributed by atoms with van der Waals surface area (Å²) in [5, 5.41) is 0.660. The number of oxazole rings is 1. The lowest BCUT2D eigenvalue weighted by molar-refractivity contribution is 0.340. The molecule has 3 heterocycles. The number of aryl methyl sites for hydroxylation is 2. The molecular weight excluding hydrogens is 450 g/mol. The van der Waals surface area contributed by atoms with E-state index >= 15 is 0 Å². The van der Waals surface area contributed by atoms with Crippen LogP contribution in [0.25, 0.3) is 28.3 Å². The normalized spacial score (nSPS) is 11.3. The zero-order valence-electron chi connectivity index (χ0n) is 19.0. The number of hydrogen-bond acceptors (Lipinski definition) is 7. The number of fused-ring (bicyclic) bond motifs is 1. The van der Waals surface area contributed by atoms with E-state index in [1.54, 1.807) is 0 Å². The first-order valence-corrected chi connectivity index (χ1v) is 11.9. The second-order valence-electron chi connectivity index (χ2n) is 7.74. The van der Waals surface area contributed by atoms with Crippen LogP contribution < -0.4 is 10.3 Å². The fourth-order valence-electron chi connectivity index (χ4n) is 3.59. The Morgan fingerprint density at radius 3 is 2.56 bits per heavy atom. The van der Waals surface area contributed by atoms with Crippen LogP contribution >= 0.6 is 11.8 Å². The average Bonchev–Trinajstić information content (AvgIpc) is 3.40. The number of nitrogens with one attached hydrogen (secondary N) is 1. The van der Waals surface area contributed by atoms with Crippen molar-refractivity contribution >= 4 is 22.9 Å². The molecule has 3 aromatic heterocycles. The minimum Gasteiger partial charge on any atom is -0.494 e. The van der Waals surface area contributed by atoms with Crippen LogP contribution in [0.3, 0.4) is 0 Å². The topological polar surface area (TPSA) is 98.8 Å². The van der Waals surface area contributed by atoms with Crippen LogP contribution in [0, 0.1) is 13.8 Å². The molecule has 9 heteroatoms. The van der Waals surface area contributed by atoms with Gasteiger partial charge in [0.1, 0.15) is 11.5 Å². The number of H-pyrrole nitrogens is 1. The largest absolute Gasteiger partial charge is 0.494 e. The molecule has 0 unspecified atom stereocenters. The van der Waals surface area contributed by atoms with E-state index in [-0.39, 0.29) is 5.56 Å². The molecule has 0 saturated carbocycles. The maximum atomic E-state index is 12.4. The van der Waals surface area contributed by atoms with E-state index in [0.29, 0.717) is 34.6 Å². The molecule has 0 saturated heterocycles. The number of benzene rings is 2. The van der Waals surface area contributed by atoms with Gasteiger partial charge in [-0.1, -0.05) is 29.5 Å². The summed E-state index contributed by atoms with van der Waals surface area (Å²) in [6.45, 7) is 6.50. The van der Waals surface area contributed by atoms with Crippen molar-refractivity contribution < 1.29 is 9.15 Å². The average molecular weight is 474 g/mol. The van der Waals surface area contributed by atoms with Crippen LogP contribution in [-0.4, -0.2) is 31.1 Å². The smallest absolute Gasteiger partial charge is 0.278 e. The van der Waals surface area contributed by atoms with Gasteiger partial charge in [-0.05, 0) is 57.2 Å². The van der Waals surface area contributed by atoms with E-state index in [1.807, 2.05) is 73.9 Å². The van der Waals surface area contributed by atoms with Crippen LogP contribution in [0.2, 0.25) is 0 Å². The lowest BCUT2D eigenvalue weighted by atomic mass is 10.2. The van der Waals surface area contributed by atoms with Crippen LogP contribution in [0.5, 0.6) is 5.75 Å². The molecule has 0 aliphatic rings. The van der Waals surface area contributed by atoms with Gasteiger partial charge in [-0.15, -0.1) is 0 Å². The van der Waals surface area contributed by atoms with Gasteiger partial charge in [0, 0.05) is 17.0 Å². The van der Waals surface area contributed by atoms with Gasteiger partial charge in [0.25, 0.3) is 5.56 Å². The Kier molecular flexibility index (Phi) is 5.93. The number of hydrogen-bond donors (Lipinski definition) is 1. The maximum absolute atomic E-state index is 12.4. The Bertz CT molecular complexity index is 1500. The molecule has 2 aromatic carbocycles. The summed E-state index contributed by atoms with van der Waals surface area (Å²) in [6.07, 6.45) is 1.40. The number of aromatic nitrogens is 5. The van der Waals surface area contributed by atoms with E-state index in [1.165, 1.54) is 18.1 Å². The monoisotopic (exact) mass is 473 g/mol. The van der Waals surface area contributed by atoms with Gasteiger partial charge in [-0.2, -0.15) is 0 Å². The number of imidazole rings is 1. The van der Waals surface area contributed by atoms with E-state index in [4.69, 9.17) is 14.1 Å². The van der Waals surface area contributed by atoms with Crippen LogP contribution in [0.15, 0.2) is 69.2 Å². The minimum atomic E-state index is -0.270. The Labute approximate surface area is 200 Å². The first kappa shape index (κ1) is 22.0. The summed E-state index contributed by atoms with van der Waals surface area (Å²) in [5.41, 5.74) is 4.28. The molecule has 0 radical (unpaired) electrons. The van der Waals surface area contributed by atoms with Gasteiger partial charge in [0.05, 0.1) is 18.6 Å². The van der Waals surface area contributed by atoms with E-state index in [2.05, 4.69) is 15.0 Å². The van der Waals surface area contributed by atoms with Gasteiger partial charge in [0.2, 0.25) is 5.89 Å². The summed E-state index contributed by atoms with van der Waals surface area (Å²) in [4.78, 5) is 28.7. The van der Waals surface area contributed by atoms with Crippen molar-refractivity contribution in [2.45, 2.75) is 31.7 Å². The van der Waals surface area contributed by atoms with Crippen molar-refractivity contribution in [3.63, 3.8) is 0 Å². The zero-order valence-corrected chi connectivity index (χ0v) is 19.8. The van der Waals surface area contributed by atoms with Crippen LogP contribution in [-0.2, 0) is 5.75 Å². The molecule has 0 amide bonds. The Morgan fingerprint density at radius 1 is 1.06 bits per heavy atom. The van der Waals surface area contributed by atoms with E-state index in [0.717, 1.165) is 34.0 Å². The van der Waals surface area contributed by atoms with Gasteiger partial charge in [-0.25, -0.2) is 15.0 Å². The third kappa shape index (κ3) is 4.22. The standard InChI is InChI=1S/C25H23N5O3S/c1-4-32-19-11-7-17(8-12-19)24-28-20(16(3)33-24)13-34-25-29-21-22(26-14-27-23(21)31)30(25)18-9-5-15(2)6-10-18/h5-12,14H,4,13H2,1-3H3,(H,26,27,31). The molecule has 8 nitrogen and oxygen atoms in total. The first-order chi connectivity index (χ1) is 16.5. The Balaban J connectivity index is 1.45. The number of ether oxygens (including phenoxy) is 1. The number of thioether (sulfide) groups is 1. The highest BCUT2D eigenvalue weighted by Crippen LogP contribution is 2.31. The second-order valence-corrected chi connectivity index (χ2v) is 8.68. The van der Waals surface area contributed by atoms with Gasteiger partial charge in [-0.3, -0.25) is 9.36 Å². The van der Waals surface area contributed by atoms with Gasteiger partial charge < -0.3 is 14.1 Å². The molecule has 0 spiro atoms. The van der Waals surface area contributed by atoms with Crippen molar-refractivity contribution in [2.75, 3.05) is 6.61 Å². The highest BCUT2D eigenvalue weighted by molar-refractivity contribution is 7.98. The number of rotatable bonds is 7. The molecule has 0 atom stereocenters. The fourth-order valence-corrected chi connectivity index (χ4v) is 4.60. The van der Waals surface area contributed by atoms with Gasteiger partial charge in [0.15, 0.2) is 16.3 Å². The van der Waals surface area contributed by atoms with Crippen LogP contribution in [0.4, 0.5) is 0 Å². The van der Waals surface area contributed by atoms with Crippen molar-refractivity contribution in [2.24, 2.45) is 0 Å². The highest BCUT2D eigenvalue weighted by Gasteiger charge is 2.19. The fraction of sp³-hybridized carbons (Fsp3) is 0.200. The Hall–Kier alpha value is -3.85. The van der Waals surface area contributed by atoms with Crippen molar-refractivity contribution in [1.29, 1.82) is 0 Å². The summed E-state index contributed by atoms with van der Waals surface area (Å²) >= 11 is 1.48. The van der Waals surface area contributed by atoms with E-state index in [9.17, 15) is 4.79 Å². The number of nitrogens with zero attached hydrogens (tertiary/aromatic N) is 4. The molecule has 5 aromatic rings. The SMILES string of the molecule is CCOc1ccc(-c2nc(CSc3nc4c(=O)[nH]cnc4n3-c3ccc(C)cc3)c(C)o2)cc1. The van der Waals surface area contributed by atoms with Crippen LogP contribution in [0.1, 0.15) is 23.9 Å². The van der Waals surface area contributed by atoms with Crippen molar-refractivity contribution in [1.82, 2.24) is 24.5 Å². The maximum Gasteiger partial charge on any atom is 0.278 e. The first-order valence-electron chi connectivity index (χ1n) is 10.9. The summed E-state index contributed by atoms with van der Waals surface area (Å²) in [6, 6.07) is 15.7. The van der Waals surface area contributed by atoms with E-state index < -0.39 is 0 Å². The molecule has 34 heavy (non-hydrogen) atoms. The summed E-state index contributed by atoms with van der Waals surface area (Å²) in [7, 11) is 0. The van der Waals surface area contributed by atoms with Crippen molar-refractivity contribution in [3.8, 4) is 22.9 Å². The lowest BCUT2D eigenvalue weighted by Crippen LogP contribution is -2.07. The number of aromatic amines is 1. The molecule has 0 fully saturated rings. The lowest BCUT2D eigenvalue weighted by Gasteiger charge is -2.08. The van der Waals surface area contributed by atoms with Gasteiger partial charge >= 0.3 is 0 Å².